The quantitative estimate of drug-likeness (QED) is 0.628. The summed E-state index contributed by atoms with van der Waals surface area (Å²) in [5, 5.41) is 0. The number of ketones is 1. The van der Waals surface area contributed by atoms with Crippen LogP contribution in [0.5, 0.6) is 0 Å². The molecule has 0 rings (SSSR count). The van der Waals surface area contributed by atoms with Crippen molar-refractivity contribution >= 4 is 5.78 Å². The van der Waals surface area contributed by atoms with E-state index in [9.17, 15) is 4.79 Å². The molecule has 0 heterocycles. The van der Waals surface area contributed by atoms with Gasteiger partial charge in [0, 0.05) is 11.8 Å². The van der Waals surface area contributed by atoms with Crippen LogP contribution in [0.2, 0.25) is 0 Å². The minimum atomic E-state index is 0.183. The molecule has 0 aliphatic rings. The molecule has 0 aromatic rings. The van der Waals surface area contributed by atoms with Crippen LogP contribution in [0, 0.1) is 11.8 Å². The lowest BCUT2D eigenvalue weighted by Crippen LogP contribution is -2.22. The lowest BCUT2D eigenvalue weighted by molar-refractivity contribution is -0.125. The van der Waals surface area contributed by atoms with Crippen molar-refractivity contribution in [3.8, 4) is 0 Å². The van der Waals surface area contributed by atoms with E-state index in [0.29, 0.717) is 5.78 Å². The summed E-state index contributed by atoms with van der Waals surface area (Å²) >= 11 is 0. The van der Waals surface area contributed by atoms with Gasteiger partial charge in [0.2, 0.25) is 0 Å². The second kappa shape index (κ2) is 5.31. The molecule has 0 spiro atoms. The van der Waals surface area contributed by atoms with Gasteiger partial charge in [-0.25, -0.2) is 0 Å². The van der Waals surface area contributed by atoms with E-state index < -0.39 is 0 Å². The van der Waals surface area contributed by atoms with Crippen LogP contribution in [0.1, 0.15) is 27.2 Å². The highest BCUT2D eigenvalue weighted by Crippen LogP contribution is 2.10. The topological polar surface area (TPSA) is 20.3 Å². The third kappa shape index (κ3) is 4.50. The van der Waals surface area contributed by atoms with E-state index in [0.717, 1.165) is 13.0 Å². The highest BCUT2D eigenvalue weighted by atomic mass is 16.1. The normalized spacial score (nSPS) is 13.9. The van der Waals surface area contributed by atoms with E-state index in [1.54, 1.807) is 0 Å². The van der Waals surface area contributed by atoms with Crippen LogP contribution in [0.3, 0.4) is 0 Å². The van der Waals surface area contributed by atoms with Gasteiger partial charge < -0.3 is 4.90 Å². The van der Waals surface area contributed by atoms with Gasteiger partial charge in [0.25, 0.3) is 0 Å². The van der Waals surface area contributed by atoms with Crippen molar-refractivity contribution < 1.29 is 4.79 Å². The zero-order valence-corrected chi connectivity index (χ0v) is 8.92. The molecular formula is C10H21NO. The van der Waals surface area contributed by atoms with E-state index >= 15 is 0 Å². The number of hydrogen-bond donors (Lipinski definition) is 0. The van der Waals surface area contributed by atoms with Gasteiger partial charge in [0.05, 0.1) is 0 Å². The highest BCUT2D eigenvalue weighted by Gasteiger charge is 2.15. The summed E-state index contributed by atoms with van der Waals surface area (Å²) in [5.74, 6) is 0.784. The average Bonchev–Trinajstić information content (AvgIpc) is 1.98. The van der Waals surface area contributed by atoms with Gasteiger partial charge in [0.15, 0.2) is 0 Å². The van der Waals surface area contributed by atoms with Crippen molar-refractivity contribution in [3.63, 3.8) is 0 Å². The Morgan fingerprint density at radius 1 is 1.25 bits per heavy atom. The number of nitrogens with zero attached hydrogens (tertiary/aromatic N) is 1. The molecule has 0 N–H and O–H groups in total. The first-order chi connectivity index (χ1) is 5.45. The Morgan fingerprint density at radius 2 is 1.75 bits per heavy atom. The third-order valence-electron chi connectivity index (χ3n) is 2.06. The molecule has 0 aromatic carbocycles. The Balaban J connectivity index is 3.72. The van der Waals surface area contributed by atoms with Gasteiger partial charge in [-0.05, 0) is 27.1 Å². The van der Waals surface area contributed by atoms with Gasteiger partial charge in [0.1, 0.15) is 5.78 Å². The molecule has 0 amide bonds. The first kappa shape index (κ1) is 11.6. The predicted octanol–water partition coefficient (Wildman–Crippen LogP) is 1.80. The van der Waals surface area contributed by atoms with Crippen molar-refractivity contribution in [2.45, 2.75) is 27.2 Å². The van der Waals surface area contributed by atoms with Gasteiger partial charge >= 0.3 is 0 Å². The van der Waals surface area contributed by atoms with Crippen LogP contribution in [0.15, 0.2) is 0 Å². The minimum Gasteiger partial charge on any atom is -0.309 e. The SMILES string of the molecule is CC(C)C(=O)[C@@H](C)CCN(C)C. The second-order valence-corrected chi connectivity index (χ2v) is 4.05. The monoisotopic (exact) mass is 171 g/mol. The maximum atomic E-state index is 11.4. The average molecular weight is 171 g/mol. The molecule has 0 aliphatic heterocycles. The molecule has 0 bridgehead atoms. The third-order valence-corrected chi connectivity index (χ3v) is 2.06. The maximum absolute atomic E-state index is 11.4. The first-order valence-electron chi connectivity index (χ1n) is 4.63. The van der Waals surface area contributed by atoms with Gasteiger partial charge in [-0.15, -0.1) is 0 Å². The number of carbonyl (C=O) groups excluding carboxylic acids is 1. The van der Waals surface area contributed by atoms with E-state index in [-0.39, 0.29) is 11.8 Å². The number of rotatable bonds is 5. The Hall–Kier alpha value is -0.370. The standard InChI is InChI=1S/C10H21NO/c1-8(2)10(12)9(3)6-7-11(4)5/h8-9H,6-7H2,1-5H3/t9-/m0/s1. The van der Waals surface area contributed by atoms with Crippen molar-refractivity contribution in [3.05, 3.63) is 0 Å². The van der Waals surface area contributed by atoms with Crippen LogP contribution in [0.4, 0.5) is 0 Å². The number of carbonyl (C=O) groups is 1. The first-order valence-corrected chi connectivity index (χ1v) is 4.63. The highest BCUT2D eigenvalue weighted by molar-refractivity contribution is 5.82. The summed E-state index contributed by atoms with van der Waals surface area (Å²) < 4.78 is 0. The maximum Gasteiger partial charge on any atom is 0.138 e. The molecule has 0 aliphatic carbocycles. The number of Topliss-reactive ketones (excluding diaryl/α,β-unsaturated/α-hetero) is 1. The molecular weight excluding hydrogens is 150 g/mol. The lowest BCUT2D eigenvalue weighted by atomic mass is 9.94. The molecule has 1 atom stereocenters. The lowest BCUT2D eigenvalue weighted by Gasteiger charge is -2.15. The van der Waals surface area contributed by atoms with Crippen LogP contribution in [0.25, 0.3) is 0 Å². The van der Waals surface area contributed by atoms with Crippen LogP contribution < -0.4 is 0 Å². The van der Waals surface area contributed by atoms with Crippen molar-refractivity contribution in [1.29, 1.82) is 0 Å². The minimum absolute atomic E-state index is 0.183. The fourth-order valence-electron chi connectivity index (χ4n) is 1.16. The van der Waals surface area contributed by atoms with Crippen molar-refractivity contribution in [1.82, 2.24) is 4.90 Å². The Morgan fingerprint density at radius 3 is 2.08 bits per heavy atom. The zero-order valence-electron chi connectivity index (χ0n) is 8.92. The molecule has 0 unspecified atom stereocenters. The van der Waals surface area contributed by atoms with Gasteiger partial charge in [-0.2, -0.15) is 0 Å². The van der Waals surface area contributed by atoms with E-state index in [1.807, 2.05) is 34.9 Å². The summed E-state index contributed by atoms with van der Waals surface area (Å²) in [7, 11) is 4.07. The van der Waals surface area contributed by atoms with E-state index in [1.165, 1.54) is 0 Å². The Kier molecular flexibility index (Phi) is 5.14. The molecule has 0 saturated carbocycles. The van der Waals surface area contributed by atoms with E-state index in [2.05, 4.69) is 4.90 Å². The molecule has 12 heavy (non-hydrogen) atoms. The molecule has 2 nitrogen and oxygen atoms in total. The Labute approximate surface area is 75.9 Å². The summed E-state index contributed by atoms with van der Waals surface area (Å²) in [4.78, 5) is 13.6. The van der Waals surface area contributed by atoms with Gasteiger partial charge in [-0.3, -0.25) is 4.79 Å². The van der Waals surface area contributed by atoms with Crippen LogP contribution >= 0.6 is 0 Å². The fourth-order valence-corrected chi connectivity index (χ4v) is 1.16. The molecule has 2 heteroatoms. The largest absolute Gasteiger partial charge is 0.309 e. The summed E-state index contributed by atoms with van der Waals surface area (Å²) in [5.41, 5.74) is 0. The summed E-state index contributed by atoms with van der Waals surface area (Å²) in [6.07, 6.45) is 0.976. The van der Waals surface area contributed by atoms with Crippen molar-refractivity contribution in [2.75, 3.05) is 20.6 Å². The van der Waals surface area contributed by atoms with Crippen molar-refractivity contribution in [2.24, 2.45) is 11.8 Å². The van der Waals surface area contributed by atoms with Gasteiger partial charge in [-0.1, -0.05) is 20.8 Å². The molecule has 72 valence electrons. The van der Waals surface area contributed by atoms with Crippen LogP contribution in [-0.2, 0) is 4.79 Å². The van der Waals surface area contributed by atoms with E-state index in [4.69, 9.17) is 0 Å². The summed E-state index contributed by atoms with van der Waals surface area (Å²) in [6, 6.07) is 0. The Bertz CT molecular complexity index is 141. The predicted molar refractivity (Wildman–Crippen MR) is 52.2 cm³/mol. The molecule has 0 aromatic heterocycles. The summed E-state index contributed by atoms with van der Waals surface area (Å²) in [6.45, 7) is 6.95. The fraction of sp³-hybridized carbons (Fsp3) is 0.900. The number of hydrogen-bond acceptors (Lipinski definition) is 2. The van der Waals surface area contributed by atoms with Crippen LogP contribution in [-0.4, -0.2) is 31.3 Å². The molecule has 0 radical (unpaired) electrons. The smallest absolute Gasteiger partial charge is 0.138 e. The second-order valence-electron chi connectivity index (χ2n) is 4.05. The molecule has 0 fully saturated rings. The molecule has 0 saturated heterocycles. The zero-order chi connectivity index (χ0) is 9.72.